The number of hydrogen-bond donors (Lipinski definition) is 4. The zero-order valence-electron chi connectivity index (χ0n) is 15.4. The molecule has 2 rings (SSSR count). The zero-order chi connectivity index (χ0) is 21.2. The van der Waals surface area contributed by atoms with Crippen molar-refractivity contribution in [2.75, 3.05) is 0 Å². The predicted octanol–water partition coefficient (Wildman–Crippen LogP) is 1.74. The summed E-state index contributed by atoms with van der Waals surface area (Å²) < 4.78 is 29.6. The van der Waals surface area contributed by atoms with Crippen LogP contribution in [-0.4, -0.2) is 36.0 Å². The van der Waals surface area contributed by atoms with Crippen LogP contribution >= 0.6 is 0 Å². The Kier molecular flexibility index (Phi) is 9.29. The van der Waals surface area contributed by atoms with Gasteiger partial charge in [-0.2, -0.15) is 8.42 Å². The molecule has 0 aliphatic rings. The number of rotatable bonds is 8. The first-order valence-corrected chi connectivity index (χ1v) is 9.86. The molecule has 1 amide bonds. The standard InChI is InChI=1S/C12H16N2O3.C7H8O3S/c13-11(15)7-6-10(12(16)17)14-8-9-4-2-1-3-5-9;1-6-2-4-7(5-3-6)11(8,9)10/h1-5,10,14H,6-8H2,(H2,13,15)(H,16,17);2-5H,1H3,(H,8,9,10)/t10-;/m0./s1. The van der Waals surface area contributed by atoms with E-state index in [4.69, 9.17) is 15.4 Å². The number of amides is 1. The van der Waals surface area contributed by atoms with Crippen LogP contribution < -0.4 is 11.1 Å². The first-order chi connectivity index (χ1) is 13.1. The number of carboxylic acid groups (broad SMARTS) is 1. The minimum Gasteiger partial charge on any atom is -0.480 e. The summed E-state index contributed by atoms with van der Waals surface area (Å²) in [7, 11) is -4.02. The second-order valence-electron chi connectivity index (χ2n) is 6.05. The van der Waals surface area contributed by atoms with Gasteiger partial charge in [-0.3, -0.25) is 14.1 Å². The molecule has 8 nitrogen and oxygen atoms in total. The molecule has 9 heteroatoms. The van der Waals surface area contributed by atoms with Crippen LogP contribution in [0.5, 0.6) is 0 Å². The number of aliphatic carboxylic acids is 1. The summed E-state index contributed by atoms with van der Waals surface area (Å²) in [5.41, 5.74) is 6.94. The van der Waals surface area contributed by atoms with Crippen molar-refractivity contribution in [1.82, 2.24) is 5.32 Å². The minimum atomic E-state index is -4.02. The van der Waals surface area contributed by atoms with Gasteiger partial charge < -0.3 is 16.2 Å². The van der Waals surface area contributed by atoms with Crippen molar-refractivity contribution < 1.29 is 27.7 Å². The van der Waals surface area contributed by atoms with Crippen LogP contribution in [0.15, 0.2) is 59.5 Å². The Bertz CT molecular complexity index is 867. The van der Waals surface area contributed by atoms with Crippen molar-refractivity contribution in [3.05, 3.63) is 65.7 Å². The van der Waals surface area contributed by atoms with Crippen LogP contribution in [0.4, 0.5) is 0 Å². The van der Waals surface area contributed by atoms with Crippen molar-refractivity contribution in [1.29, 1.82) is 0 Å². The second-order valence-corrected chi connectivity index (χ2v) is 7.47. The molecule has 1 atom stereocenters. The Morgan fingerprint density at radius 1 is 1.07 bits per heavy atom. The third kappa shape index (κ3) is 9.26. The number of primary amides is 1. The van der Waals surface area contributed by atoms with E-state index in [9.17, 15) is 18.0 Å². The number of nitrogens with two attached hydrogens (primary N) is 1. The van der Waals surface area contributed by atoms with E-state index in [1.54, 1.807) is 12.1 Å². The topological polar surface area (TPSA) is 147 Å². The molecule has 0 unspecified atom stereocenters. The molecule has 152 valence electrons. The fraction of sp³-hybridized carbons (Fsp3) is 0.263. The van der Waals surface area contributed by atoms with Crippen molar-refractivity contribution in [2.45, 2.75) is 37.2 Å². The van der Waals surface area contributed by atoms with Crippen LogP contribution in [0.25, 0.3) is 0 Å². The fourth-order valence-electron chi connectivity index (χ4n) is 2.15. The summed E-state index contributed by atoms with van der Waals surface area (Å²) >= 11 is 0. The molecule has 0 spiro atoms. The molecule has 0 saturated carbocycles. The van der Waals surface area contributed by atoms with Crippen LogP contribution in [0, 0.1) is 6.92 Å². The Balaban J connectivity index is 0.000000307. The van der Waals surface area contributed by atoms with Crippen LogP contribution in [-0.2, 0) is 26.3 Å². The van der Waals surface area contributed by atoms with E-state index >= 15 is 0 Å². The SMILES string of the molecule is Cc1ccc(S(=O)(=O)O)cc1.NC(=O)CC[C@H](NCc1ccccc1)C(=O)O. The quantitative estimate of drug-likeness (QED) is 0.486. The van der Waals surface area contributed by atoms with E-state index in [-0.39, 0.29) is 17.7 Å². The lowest BCUT2D eigenvalue weighted by molar-refractivity contribution is -0.139. The Morgan fingerprint density at radius 3 is 2.11 bits per heavy atom. The van der Waals surface area contributed by atoms with Gasteiger partial charge in [0.1, 0.15) is 6.04 Å². The number of carboxylic acids is 1. The average molecular weight is 408 g/mol. The third-order valence-electron chi connectivity index (χ3n) is 3.69. The number of carbonyl (C=O) groups excluding carboxylic acids is 1. The number of hydrogen-bond acceptors (Lipinski definition) is 5. The van der Waals surface area contributed by atoms with Gasteiger partial charge in [0.05, 0.1) is 4.90 Å². The summed E-state index contributed by atoms with van der Waals surface area (Å²) in [6.07, 6.45) is 0.274. The molecule has 0 fully saturated rings. The van der Waals surface area contributed by atoms with Gasteiger partial charge in [0.2, 0.25) is 5.91 Å². The number of carbonyl (C=O) groups is 2. The molecular formula is C19H24N2O6S. The van der Waals surface area contributed by atoms with E-state index in [2.05, 4.69) is 5.32 Å². The molecular weight excluding hydrogens is 384 g/mol. The minimum absolute atomic E-state index is 0.0666. The predicted molar refractivity (Wildman–Crippen MR) is 104 cm³/mol. The van der Waals surface area contributed by atoms with Gasteiger partial charge in [0.25, 0.3) is 10.1 Å². The lowest BCUT2D eigenvalue weighted by Gasteiger charge is -2.13. The first kappa shape index (κ1) is 23.3. The lowest BCUT2D eigenvalue weighted by Crippen LogP contribution is -2.37. The van der Waals surface area contributed by atoms with Gasteiger partial charge in [-0.05, 0) is 31.0 Å². The molecule has 0 aliphatic carbocycles. The van der Waals surface area contributed by atoms with E-state index in [0.29, 0.717) is 6.54 Å². The van der Waals surface area contributed by atoms with Crippen molar-refractivity contribution in [3.8, 4) is 0 Å². The van der Waals surface area contributed by atoms with Gasteiger partial charge in [0.15, 0.2) is 0 Å². The summed E-state index contributed by atoms with van der Waals surface area (Å²) in [4.78, 5) is 21.5. The van der Waals surface area contributed by atoms with E-state index < -0.39 is 28.0 Å². The van der Waals surface area contributed by atoms with Crippen LogP contribution in [0.3, 0.4) is 0 Å². The van der Waals surface area contributed by atoms with Crippen molar-refractivity contribution in [3.63, 3.8) is 0 Å². The zero-order valence-corrected chi connectivity index (χ0v) is 16.2. The van der Waals surface area contributed by atoms with E-state index in [1.165, 1.54) is 12.1 Å². The van der Waals surface area contributed by atoms with Crippen LogP contribution in [0.1, 0.15) is 24.0 Å². The molecule has 0 radical (unpaired) electrons. The Labute approximate surface area is 164 Å². The number of aryl methyl sites for hydroxylation is 1. The monoisotopic (exact) mass is 408 g/mol. The third-order valence-corrected chi connectivity index (χ3v) is 4.56. The molecule has 0 saturated heterocycles. The highest BCUT2D eigenvalue weighted by Crippen LogP contribution is 2.08. The van der Waals surface area contributed by atoms with Crippen LogP contribution in [0.2, 0.25) is 0 Å². The largest absolute Gasteiger partial charge is 0.480 e. The van der Waals surface area contributed by atoms with Gasteiger partial charge in [-0.25, -0.2) is 0 Å². The molecule has 28 heavy (non-hydrogen) atoms. The highest BCUT2D eigenvalue weighted by molar-refractivity contribution is 7.85. The van der Waals surface area contributed by atoms with Crippen molar-refractivity contribution in [2.24, 2.45) is 5.73 Å². The second kappa shape index (κ2) is 11.2. The van der Waals surface area contributed by atoms with Gasteiger partial charge in [0, 0.05) is 13.0 Å². The summed E-state index contributed by atoms with van der Waals surface area (Å²) in [5.74, 6) is -1.46. The van der Waals surface area contributed by atoms with Gasteiger partial charge in [-0.1, -0.05) is 48.0 Å². The van der Waals surface area contributed by atoms with Gasteiger partial charge in [-0.15, -0.1) is 0 Å². The lowest BCUT2D eigenvalue weighted by atomic mass is 10.1. The smallest absolute Gasteiger partial charge is 0.320 e. The number of benzene rings is 2. The highest BCUT2D eigenvalue weighted by atomic mass is 32.2. The molecule has 0 heterocycles. The first-order valence-electron chi connectivity index (χ1n) is 8.42. The maximum atomic E-state index is 10.9. The van der Waals surface area contributed by atoms with Gasteiger partial charge >= 0.3 is 5.97 Å². The normalized spacial score (nSPS) is 11.8. The molecule has 0 aliphatic heterocycles. The fourth-order valence-corrected chi connectivity index (χ4v) is 2.63. The molecule has 0 aromatic heterocycles. The molecule has 5 N–H and O–H groups in total. The van der Waals surface area contributed by atoms with E-state index in [0.717, 1.165) is 11.1 Å². The summed E-state index contributed by atoms with van der Waals surface area (Å²) in [5, 5.41) is 11.8. The Morgan fingerprint density at radius 2 is 1.64 bits per heavy atom. The molecule has 2 aromatic rings. The average Bonchev–Trinajstić information content (AvgIpc) is 2.62. The molecule has 2 aromatic carbocycles. The molecule has 0 bridgehead atoms. The summed E-state index contributed by atoms with van der Waals surface area (Å²) in [6.45, 7) is 2.30. The van der Waals surface area contributed by atoms with E-state index in [1.807, 2.05) is 37.3 Å². The maximum absolute atomic E-state index is 10.9. The van der Waals surface area contributed by atoms with Crippen molar-refractivity contribution >= 4 is 22.0 Å². The maximum Gasteiger partial charge on any atom is 0.320 e. The Hall–Kier alpha value is -2.75. The number of nitrogens with one attached hydrogen (secondary N) is 1. The summed E-state index contributed by atoms with van der Waals surface area (Å²) in [6, 6.07) is 14.7. The highest BCUT2D eigenvalue weighted by Gasteiger charge is 2.17.